The molecule has 0 amide bonds. The Morgan fingerprint density at radius 1 is 1.39 bits per heavy atom. The summed E-state index contributed by atoms with van der Waals surface area (Å²) in [4.78, 5) is 14.8. The van der Waals surface area contributed by atoms with Crippen LogP contribution in [-0.4, -0.2) is 22.8 Å². The molecule has 0 aliphatic carbocycles. The highest BCUT2D eigenvalue weighted by Gasteiger charge is 2.17. The maximum Gasteiger partial charge on any atom is 0.326 e. The second-order valence-corrected chi connectivity index (χ2v) is 5.19. The number of nitrogens with zero attached hydrogens (tertiary/aromatic N) is 1. The van der Waals surface area contributed by atoms with E-state index >= 15 is 0 Å². The third-order valence-electron chi connectivity index (χ3n) is 3.52. The number of halogens is 1. The van der Waals surface area contributed by atoms with E-state index in [0.29, 0.717) is 10.9 Å². The first-order valence-electron chi connectivity index (χ1n) is 6.20. The van der Waals surface area contributed by atoms with Crippen LogP contribution >= 0.6 is 11.6 Å². The number of imidazole rings is 1. The minimum atomic E-state index is -0.0567. The topological polar surface area (TPSA) is 47.0 Å². The molecule has 2 aromatic rings. The molecular weight excluding hydrogens is 252 g/mol. The number of aromatic amines is 1. The van der Waals surface area contributed by atoms with Crippen molar-refractivity contribution in [3.05, 3.63) is 33.7 Å². The van der Waals surface area contributed by atoms with E-state index in [1.165, 1.54) is 0 Å². The largest absolute Gasteiger partial charge is 0.381 e. The van der Waals surface area contributed by atoms with Gasteiger partial charge in [0.15, 0.2) is 0 Å². The third-order valence-corrected chi connectivity index (χ3v) is 3.75. The molecule has 1 aliphatic rings. The van der Waals surface area contributed by atoms with Crippen LogP contribution in [0.1, 0.15) is 12.8 Å². The highest BCUT2D eigenvalue weighted by atomic mass is 35.5. The molecule has 5 heteroatoms. The zero-order valence-electron chi connectivity index (χ0n) is 9.99. The summed E-state index contributed by atoms with van der Waals surface area (Å²) in [6.07, 6.45) is 2.03. The lowest BCUT2D eigenvalue weighted by atomic mass is 10.0. The van der Waals surface area contributed by atoms with Crippen LogP contribution in [0.3, 0.4) is 0 Å². The van der Waals surface area contributed by atoms with Gasteiger partial charge in [0.05, 0.1) is 11.0 Å². The fourth-order valence-corrected chi connectivity index (χ4v) is 2.66. The normalized spacial score (nSPS) is 17.4. The van der Waals surface area contributed by atoms with E-state index in [-0.39, 0.29) is 5.69 Å². The maximum atomic E-state index is 12.0. The number of ether oxygens (including phenoxy) is 1. The second kappa shape index (κ2) is 4.78. The average molecular weight is 267 g/mol. The van der Waals surface area contributed by atoms with E-state index < -0.39 is 0 Å². The first-order valence-corrected chi connectivity index (χ1v) is 6.57. The highest BCUT2D eigenvalue weighted by Crippen LogP contribution is 2.21. The molecule has 0 atom stereocenters. The molecule has 1 aromatic carbocycles. The SMILES string of the molecule is O=c1[nH]c2ccc(Cl)cc2n1CC1CCOCC1. The molecule has 4 nitrogen and oxygen atoms in total. The highest BCUT2D eigenvalue weighted by molar-refractivity contribution is 6.31. The number of H-pyrrole nitrogens is 1. The van der Waals surface area contributed by atoms with Gasteiger partial charge in [0.25, 0.3) is 0 Å². The summed E-state index contributed by atoms with van der Waals surface area (Å²) < 4.78 is 7.13. The number of benzene rings is 1. The van der Waals surface area contributed by atoms with Gasteiger partial charge >= 0.3 is 5.69 Å². The molecule has 1 N–H and O–H groups in total. The van der Waals surface area contributed by atoms with Gasteiger partial charge in [0, 0.05) is 24.8 Å². The summed E-state index contributed by atoms with van der Waals surface area (Å²) in [6, 6.07) is 5.48. The Morgan fingerprint density at radius 3 is 2.94 bits per heavy atom. The van der Waals surface area contributed by atoms with Gasteiger partial charge in [0.1, 0.15) is 0 Å². The van der Waals surface area contributed by atoms with E-state index in [9.17, 15) is 4.79 Å². The molecule has 1 aromatic heterocycles. The Balaban J connectivity index is 1.97. The quantitative estimate of drug-likeness (QED) is 0.907. The van der Waals surface area contributed by atoms with Gasteiger partial charge in [0.2, 0.25) is 0 Å². The first kappa shape index (κ1) is 11.8. The van der Waals surface area contributed by atoms with Crippen LogP contribution in [0, 0.1) is 5.92 Å². The fourth-order valence-electron chi connectivity index (χ4n) is 2.49. The summed E-state index contributed by atoms with van der Waals surface area (Å²) in [5.41, 5.74) is 1.68. The minimum absolute atomic E-state index is 0.0567. The summed E-state index contributed by atoms with van der Waals surface area (Å²) in [7, 11) is 0. The molecule has 0 spiro atoms. The van der Waals surface area contributed by atoms with Crippen molar-refractivity contribution in [2.75, 3.05) is 13.2 Å². The zero-order valence-corrected chi connectivity index (χ0v) is 10.7. The monoisotopic (exact) mass is 266 g/mol. The molecule has 0 radical (unpaired) electrons. The maximum absolute atomic E-state index is 12.0. The third kappa shape index (κ3) is 2.18. The van der Waals surface area contributed by atoms with Gasteiger partial charge in [-0.2, -0.15) is 0 Å². The van der Waals surface area contributed by atoms with Crippen molar-refractivity contribution < 1.29 is 4.74 Å². The molecule has 96 valence electrons. The van der Waals surface area contributed by atoms with E-state index in [0.717, 1.165) is 43.6 Å². The van der Waals surface area contributed by atoms with E-state index in [1.807, 2.05) is 12.1 Å². The zero-order chi connectivity index (χ0) is 12.5. The minimum Gasteiger partial charge on any atom is -0.381 e. The van der Waals surface area contributed by atoms with Gasteiger partial charge in [-0.05, 0) is 37.0 Å². The van der Waals surface area contributed by atoms with Crippen LogP contribution in [0.4, 0.5) is 0 Å². The Hall–Kier alpha value is -1.26. The average Bonchev–Trinajstić information content (AvgIpc) is 2.67. The van der Waals surface area contributed by atoms with Crippen molar-refractivity contribution in [2.24, 2.45) is 5.92 Å². The van der Waals surface area contributed by atoms with Crippen LogP contribution in [-0.2, 0) is 11.3 Å². The predicted octanol–water partition coefficient (Wildman–Crippen LogP) is 2.41. The van der Waals surface area contributed by atoms with Gasteiger partial charge < -0.3 is 9.72 Å². The number of fused-ring (bicyclic) bond motifs is 1. The fraction of sp³-hybridized carbons (Fsp3) is 0.462. The number of rotatable bonds is 2. The van der Waals surface area contributed by atoms with Crippen molar-refractivity contribution in [1.29, 1.82) is 0 Å². The van der Waals surface area contributed by atoms with Crippen LogP contribution in [0.5, 0.6) is 0 Å². The molecular formula is C13H15ClN2O2. The number of aromatic nitrogens is 2. The van der Waals surface area contributed by atoms with Crippen LogP contribution in [0.25, 0.3) is 11.0 Å². The van der Waals surface area contributed by atoms with Crippen molar-refractivity contribution in [2.45, 2.75) is 19.4 Å². The van der Waals surface area contributed by atoms with Gasteiger partial charge in [-0.25, -0.2) is 4.79 Å². The van der Waals surface area contributed by atoms with E-state index in [2.05, 4.69) is 4.98 Å². The number of nitrogens with one attached hydrogen (secondary N) is 1. The summed E-state index contributed by atoms with van der Waals surface area (Å²) in [5.74, 6) is 0.509. The molecule has 1 saturated heterocycles. The molecule has 0 bridgehead atoms. The standard InChI is InChI=1S/C13H15ClN2O2/c14-10-1-2-11-12(7-10)16(13(17)15-11)8-9-3-5-18-6-4-9/h1-2,7,9H,3-6,8H2,(H,15,17). The Bertz CT molecular complexity index is 611. The van der Waals surface area contributed by atoms with Gasteiger partial charge in [-0.3, -0.25) is 4.57 Å². The lowest BCUT2D eigenvalue weighted by Gasteiger charge is -2.22. The number of hydrogen-bond acceptors (Lipinski definition) is 2. The first-order chi connectivity index (χ1) is 8.74. The van der Waals surface area contributed by atoms with E-state index in [4.69, 9.17) is 16.3 Å². The molecule has 0 saturated carbocycles. The summed E-state index contributed by atoms with van der Waals surface area (Å²) >= 11 is 5.99. The molecule has 3 rings (SSSR count). The smallest absolute Gasteiger partial charge is 0.326 e. The Morgan fingerprint density at radius 2 is 2.17 bits per heavy atom. The lowest BCUT2D eigenvalue weighted by molar-refractivity contribution is 0.0613. The van der Waals surface area contributed by atoms with Crippen molar-refractivity contribution in [3.8, 4) is 0 Å². The lowest BCUT2D eigenvalue weighted by Crippen LogP contribution is -2.25. The predicted molar refractivity (Wildman–Crippen MR) is 71.1 cm³/mol. The van der Waals surface area contributed by atoms with Gasteiger partial charge in [-0.15, -0.1) is 0 Å². The molecule has 18 heavy (non-hydrogen) atoms. The molecule has 1 fully saturated rings. The van der Waals surface area contributed by atoms with Crippen LogP contribution in [0.15, 0.2) is 23.0 Å². The second-order valence-electron chi connectivity index (χ2n) is 4.76. The van der Waals surface area contributed by atoms with Crippen molar-refractivity contribution in [3.63, 3.8) is 0 Å². The Labute approximate surface area is 110 Å². The van der Waals surface area contributed by atoms with Crippen molar-refractivity contribution in [1.82, 2.24) is 9.55 Å². The summed E-state index contributed by atoms with van der Waals surface area (Å²) in [5, 5.41) is 0.655. The van der Waals surface area contributed by atoms with Crippen LogP contribution < -0.4 is 5.69 Å². The molecule has 2 heterocycles. The molecule has 1 aliphatic heterocycles. The van der Waals surface area contributed by atoms with E-state index in [1.54, 1.807) is 10.6 Å². The molecule has 0 unspecified atom stereocenters. The van der Waals surface area contributed by atoms with Crippen molar-refractivity contribution >= 4 is 22.6 Å². The van der Waals surface area contributed by atoms with Gasteiger partial charge in [-0.1, -0.05) is 11.6 Å². The Kier molecular flexibility index (Phi) is 3.14. The van der Waals surface area contributed by atoms with Crippen LogP contribution in [0.2, 0.25) is 5.02 Å². The number of hydrogen-bond donors (Lipinski definition) is 1. The summed E-state index contributed by atoms with van der Waals surface area (Å²) in [6.45, 7) is 2.33.